The third kappa shape index (κ3) is 2.63. The standard InChI is InChI=1S/C15H15O/c1-12(2)16-15-10-6-9-14(11-15)13-7-4-3-5-8-13/h3-10,12H,1-2H3. The van der Waals surface area contributed by atoms with E-state index < -0.39 is 0 Å². The summed E-state index contributed by atoms with van der Waals surface area (Å²) in [5.41, 5.74) is 2.23. The molecule has 0 unspecified atom stereocenters. The topological polar surface area (TPSA) is 9.23 Å². The quantitative estimate of drug-likeness (QED) is 0.747. The van der Waals surface area contributed by atoms with Crippen LogP contribution in [-0.4, -0.2) is 6.10 Å². The van der Waals surface area contributed by atoms with Crippen molar-refractivity contribution in [3.63, 3.8) is 0 Å². The molecule has 0 heterocycles. The summed E-state index contributed by atoms with van der Waals surface area (Å²) in [6.45, 7) is 4.03. The van der Waals surface area contributed by atoms with Gasteiger partial charge < -0.3 is 4.74 Å². The zero-order chi connectivity index (χ0) is 11.4. The summed E-state index contributed by atoms with van der Waals surface area (Å²) in [7, 11) is 0. The van der Waals surface area contributed by atoms with Crippen LogP contribution in [0.5, 0.6) is 5.75 Å². The van der Waals surface area contributed by atoms with Gasteiger partial charge in [0.05, 0.1) is 6.10 Å². The molecule has 2 aromatic carbocycles. The maximum atomic E-state index is 5.62. The number of ether oxygens (including phenoxy) is 1. The van der Waals surface area contributed by atoms with Crippen molar-refractivity contribution >= 4 is 0 Å². The predicted molar refractivity (Wildman–Crippen MR) is 66.5 cm³/mol. The Kier molecular flexibility index (Phi) is 3.25. The summed E-state index contributed by atoms with van der Waals surface area (Å²) in [4.78, 5) is 0. The Labute approximate surface area is 96.7 Å². The Morgan fingerprint density at radius 1 is 0.938 bits per heavy atom. The summed E-state index contributed by atoms with van der Waals surface area (Å²) in [6.07, 6.45) is 0.183. The van der Waals surface area contributed by atoms with Gasteiger partial charge in [0, 0.05) is 6.07 Å². The lowest BCUT2D eigenvalue weighted by molar-refractivity contribution is 0.242. The van der Waals surface area contributed by atoms with Crippen molar-refractivity contribution in [3.05, 3.63) is 54.6 Å². The van der Waals surface area contributed by atoms with Crippen molar-refractivity contribution in [1.82, 2.24) is 0 Å². The van der Waals surface area contributed by atoms with Gasteiger partial charge in [0.15, 0.2) is 0 Å². The zero-order valence-electron chi connectivity index (χ0n) is 9.60. The van der Waals surface area contributed by atoms with Crippen LogP contribution in [0.4, 0.5) is 0 Å². The van der Waals surface area contributed by atoms with Crippen LogP contribution >= 0.6 is 0 Å². The van der Waals surface area contributed by atoms with Crippen molar-refractivity contribution in [1.29, 1.82) is 0 Å². The Morgan fingerprint density at radius 2 is 1.69 bits per heavy atom. The average molecular weight is 211 g/mol. The Bertz CT molecular complexity index is 446. The van der Waals surface area contributed by atoms with Gasteiger partial charge in [-0.3, -0.25) is 0 Å². The fraction of sp³-hybridized carbons (Fsp3) is 0.200. The summed E-state index contributed by atoms with van der Waals surface area (Å²) in [5, 5.41) is 0. The highest BCUT2D eigenvalue weighted by atomic mass is 16.5. The highest BCUT2D eigenvalue weighted by Crippen LogP contribution is 2.23. The lowest BCUT2D eigenvalue weighted by Gasteiger charge is -2.10. The molecule has 1 heteroatoms. The van der Waals surface area contributed by atoms with Crippen molar-refractivity contribution in [2.75, 3.05) is 0 Å². The fourth-order valence-corrected chi connectivity index (χ4v) is 1.56. The smallest absolute Gasteiger partial charge is 0.128 e. The molecule has 2 aromatic rings. The van der Waals surface area contributed by atoms with Crippen LogP contribution < -0.4 is 4.74 Å². The Balaban J connectivity index is 2.29. The highest BCUT2D eigenvalue weighted by Gasteiger charge is 2.01. The van der Waals surface area contributed by atoms with Crippen LogP contribution in [0.25, 0.3) is 11.1 Å². The number of rotatable bonds is 3. The second-order valence-electron chi connectivity index (χ2n) is 3.96. The molecule has 0 aliphatic heterocycles. The van der Waals surface area contributed by atoms with Crippen molar-refractivity contribution < 1.29 is 4.74 Å². The molecule has 1 nitrogen and oxygen atoms in total. The van der Waals surface area contributed by atoms with Crippen molar-refractivity contribution in [3.8, 4) is 16.9 Å². The molecule has 0 spiro atoms. The summed E-state index contributed by atoms with van der Waals surface area (Å²) < 4.78 is 5.62. The van der Waals surface area contributed by atoms with Gasteiger partial charge in [-0.25, -0.2) is 0 Å². The van der Waals surface area contributed by atoms with Gasteiger partial charge in [-0.2, -0.15) is 0 Å². The fourth-order valence-electron chi connectivity index (χ4n) is 1.56. The van der Waals surface area contributed by atoms with Crippen LogP contribution in [-0.2, 0) is 0 Å². The van der Waals surface area contributed by atoms with Crippen molar-refractivity contribution in [2.24, 2.45) is 0 Å². The van der Waals surface area contributed by atoms with E-state index in [1.165, 1.54) is 0 Å². The number of hydrogen-bond acceptors (Lipinski definition) is 1. The lowest BCUT2D eigenvalue weighted by Crippen LogP contribution is -2.05. The molecule has 0 bridgehead atoms. The molecule has 16 heavy (non-hydrogen) atoms. The van der Waals surface area contributed by atoms with Crippen LogP contribution in [0.15, 0.2) is 48.5 Å². The predicted octanol–water partition coefficient (Wildman–Crippen LogP) is 3.94. The molecule has 0 aliphatic rings. The summed E-state index contributed by atoms with van der Waals surface area (Å²) >= 11 is 0. The van der Waals surface area contributed by atoms with Crippen molar-refractivity contribution in [2.45, 2.75) is 20.0 Å². The maximum absolute atomic E-state index is 5.62. The van der Waals surface area contributed by atoms with Crippen LogP contribution in [0.1, 0.15) is 13.8 Å². The normalized spacial score (nSPS) is 10.4. The molecule has 81 valence electrons. The third-order valence-corrected chi connectivity index (χ3v) is 2.22. The first-order chi connectivity index (χ1) is 7.75. The molecule has 0 aromatic heterocycles. The van der Waals surface area contributed by atoms with Gasteiger partial charge in [0.25, 0.3) is 0 Å². The highest BCUT2D eigenvalue weighted by molar-refractivity contribution is 5.63. The van der Waals surface area contributed by atoms with E-state index in [9.17, 15) is 0 Å². The molecule has 0 N–H and O–H groups in total. The first kappa shape index (κ1) is 10.7. The zero-order valence-corrected chi connectivity index (χ0v) is 9.60. The second-order valence-corrected chi connectivity index (χ2v) is 3.96. The van der Waals surface area contributed by atoms with E-state index in [2.05, 4.69) is 18.2 Å². The van der Waals surface area contributed by atoms with Gasteiger partial charge in [-0.15, -0.1) is 0 Å². The third-order valence-electron chi connectivity index (χ3n) is 2.22. The van der Waals surface area contributed by atoms with Crippen LogP contribution in [0, 0.1) is 6.07 Å². The van der Waals surface area contributed by atoms with E-state index in [1.807, 2.05) is 50.2 Å². The van der Waals surface area contributed by atoms with Crippen LogP contribution in [0.2, 0.25) is 0 Å². The monoisotopic (exact) mass is 211 g/mol. The van der Waals surface area contributed by atoms with E-state index >= 15 is 0 Å². The van der Waals surface area contributed by atoms with E-state index in [0.29, 0.717) is 0 Å². The molecule has 2 rings (SSSR count). The minimum absolute atomic E-state index is 0.183. The van der Waals surface area contributed by atoms with E-state index in [-0.39, 0.29) is 6.10 Å². The SMILES string of the molecule is CC(C)Oc1[c]c(-c2ccccc2)ccc1. The number of hydrogen-bond donors (Lipinski definition) is 0. The summed E-state index contributed by atoms with van der Waals surface area (Å²) in [6, 6.07) is 19.5. The molecule has 1 radical (unpaired) electrons. The van der Waals surface area contributed by atoms with E-state index in [4.69, 9.17) is 4.74 Å². The van der Waals surface area contributed by atoms with E-state index in [1.54, 1.807) is 0 Å². The molecule has 0 atom stereocenters. The molecular weight excluding hydrogens is 196 g/mol. The first-order valence-electron chi connectivity index (χ1n) is 5.50. The van der Waals surface area contributed by atoms with Gasteiger partial charge in [0.2, 0.25) is 0 Å². The van der Waals surface area contributed by atoms with Gasteiger partial charge in [0.1, 0.15) is 5.75 Å². The largest absolute Gasteiger partial charge is 0.490 e. The first-order valence-corrected chi connectivity index (χ1v) is 5.50. The molecule has 0 aliphatic carbocycles. The minimum Gasteiger partial charge on any atom is -0.490 e. The van der Waals surface area contributed by atoms with Gasteiger partial charge >= 0.3 is 0 Å². The maximum Gasteiger partial charge on any atom is 0.128 e. The molecule has 0 fully saturated rings. The second kappa shape index (κ2) is 4.84. The summed E-state index contributed by atoms with van der Waals surface area (Å²) in [5.74, 6) is 0.802. The molecule has 0 saturated carbocycles. The molecule has 0 amide bonds. The Hall–Kier alpha value is -1.76. The minimum atomic E-state index is 0.183. The van der Waals surface area contributed by atoms with E-state index in [0.717, 1.165) is 16.9 Å². The lowest BCUT2D eigenvalue weighted by atomic mass is 10.1. The average Bonchev–Trinajstić information content (AvgIpc) is 2.30. The molecular formula is C15H15O. The van der Waals surface area contributed by atoms with Crippen LogP contribution in [0.3, 0.4) is 0 Å². The molecule has 0 saturated heterocycles. The van der Waals surface area contributed by atoms with Gasteiger partial charge in [-0.05, 0) is 31.0 Å². The number of benzene rings is 2. The van der Waals surface area contributed by atoms with Gasteiger partial charge in [-0.1, -0.05) is 42.5 Å². The Morgan fingerprint density at radius 3 is 2.38 bits per heavy atom.